The van der Waals surface area contributed by atoms with Crippen molar-refractivity contribution in [1.29, 1.82) is 0 Å². The van der Waals surface area contributed by atoms with Gasteiger partial charge in [-0.1, -0.05) is 32.8 Å². The van der Waals surface area contributed by atoms with Crippen molar-refractivity contribution >= 4 is 17.7 Å². The van der Waals surface area contributed by atoms with Crippen molar-refractivity contribution < 1.29 is 9.90 Å². The molecular weight excluding hydrogens is 302 g/mol. The van der Waals surface area contributed by atoms with Gasteiger partial charge in [-0.25, -0.2) is 14.9 Å². The van der Waals surface area contributed by atoms with Gasteiger partial charge in [0, 0.05) is 17.3 Å². The molecular formula is C13H19N7O3. The van der Waals surface area contributed by atoms with Crippen LogP contribution in [-0.2, 0) is 10.2 Å². The molecule has 0 spiro atoms. The summed E-state index contributed by atoms with van der Waals surface area (Å²) in [5.74, 6) is -0.970. The zero-order valence-electron chi connectivity index (χ0n) is 13.4. The van der Waals surface area contributed by atoms with E-state index in [1.54, 1.807) is 6.92 Å². The molecule has 0 fully saturated rings. The number of aliphatic carboxylic acids is 1. The first-order valence-corrected chi connectivity index (χ1v) is 7.11. The molecule has 23 heavy (non-hydrogen) atoms. The summed E-state index contributed by atoms with van der Waals surface area (Å²) in [5, 5.41) is 25.0. The Labute approximate surface area is 131 Å². The Bertz CT molecular complexity index is 746. The number of hydrogen-bond acceptors (Lipinski definition) is 7. The van der Waals surface area contributed by atoms with Gasteiger partial charge in [-0.05, 0) is 16.8 Å². The molecule has 124 valence electrons. The number of hydrogen-bond donors (Lipinski definition) is 3. The van der Waals surface area contributed by atoms with Crippen LogP contribution >= 0.6 is 0 Å². The standard InChI is InChI=1S/C13H19N7O3/c1-5-7(11(22)23)20-8(13(2,3)4)6-14-9(10(20)21)15-12-16-18-19-17-12/h6-7H,5H2,1-4H3,(H,22,23)(H2,14,15,16,17,18,19). The summed E-state index contributed by atoms with van der Waals surface area (Å²) in [6.45, 7) is 7.39. The van der Waals surface area contributed by atoms with Crippen LogP contribution in [0.4, 0.5) is 11.8 Å². The van der Waals surface area contributed by atoms with Gasteiger partial charge < -0.3 is 10.4 Å². The fourth-order valence-electron chi connectivity index (χ4n) is 2.21. The Kier molecular flexibility index (Phi) is 4.43. The van der Waals surface area contributed by atoms with Crippen molar-refractivity contribution in [1.82, 2.24) is 30.2 Å². The highest BCUT2D eigenvalue weighted by molar-refractivity contribution is 5.72. The first-order chi connectivity index (χ1) is 10.8. The minimum Gasteiger partial charge on any atom is -0.480 e. The summed E-state index contributed by atoms with van der Waals surface area (Å²) in [6, 6.07) is -0.979. The fourth-order valence-corrected chi connectivity index (χ4v) is 2.21. The summed E-state index contributed by atoms with van der Waals surface area (Å²) in [5.41, 5.74) is -0.442. The van der Waals surface area contributed by atoms with Crippen LogP contribution in [0.25, 0.3) is 0 Å². The molecule has 1 atom stereocenters. The minimum absolute atomic E-state index is 0.0451. The molecule has 0 amide bonds. The van der Waals surface area contributed by atoms with E-state index < -0.39 is 23.0 Å². The van der Waals surface area contributed by atoms with Crippen molar-refractivity contribution in [2.24, 2.45) is 0 Å². The van der Waals surface area contributed by atoms with Gasteiger partial charge >= 0.3 is 5.97 Å². The molecule has 0 aliphatic rings. The Morgan fingerprint density at radius 3 is 2.65 bits per heavy atom. The maximum atomic E-state index is 12.8. The number of carboxylic acid groups (broad SMARTS) is 1. The van der Waals surface area contributed by atoms with E-state index in [-0.39, 0.29) is 18.2 Å². The van der Waals surface area contributed by atoms with Crippen LogP contribution < -0.4 is 10.9 Å². The number of H-pyrrole nitrogens is 1. The number of aromatic nitrogens is 6. The maximum Gasteiger partial charge on any atom is 0.326 e. The molecule has 0 aliphatic carbocycles. The van der Waals surface area contributed by atoms with Crippen LogP contribution in [0.1, 0.15) is 45.9 Å². The average molecular weight is 321 g/mol. The Morgan fingerprint density at radius 1 is 1.48 bits per heavy atom. The lowest BCUT2D eigenvalue weighted by Gasteiger charge is -2.27. The normalized spacial score (nSPS) is 12.9. The van der Waals surface area contributed by atoms with Crippen LogP contribution in [0, 0.1) is 0 Å². The van der Waals surface area contributed by atoms with Gasteiger partial charge in [0.15, 0.2) is 5.82 Å². The van der Waals surface area contributed by atoms with Crippen LogP contribution in [-0.4, -0.2) is 41.3 Å². The zero-order valence-corrected chi connectivity index (χ0v) is 13.4. The van der Waals surface area contributed by atoms with Crippen LogP contribution in [0.3, 0.4) is 0 Å². The molecule has 0 aromatic carbocycles. The van der Waals surface area contributed by atoms with E-state index in [9.17, 15) is 14.7 Å². The smallest absolute Gasteiger partial charge is 0.326 e. The van der Waals surface area contributed by atoms with Crippen molar-refractivity contribution in [3.05, 3.63) is 22.2 Å². The second kappa shape index (κ2) is 6.15. The number of carbonyl (C=O) groups is 1. The van der Waals surface area contributed by atoms with Gasteiger partial charge in [0.05, 0.1) is 0 Å². The Morgan fingerprint density at radius 2 is 2.17 bits per heavy atom. The number of rotatable bonds is 5. The molecule has 2 rings (SSSR count). The SMILES string of the molecule is CCC(C(=O)O)n1c(C(C)(C)C)cnc(Nc2nnn[nH]2)c1=O. The molecule has 2 heterocycles. The van der Waals surface area contributed by atoms with Gasteiger partial charge in [-0.15, -0.1) is 0 Å². The number of tetrazole rings is 1. The highest BCUT2D eigenvalue weighted by Gasteiger charge is 2.28. The number of carboxylic acids is 1. The molecule has 1 unspecified atom stereocenters. The predicted molar refractivity (Wildman–Crippen MR) is 81.6 cm³/mol. The van der Waals surface area contributed by atoms with Crippen LogP contribution in [0.2, 0.25) is 0 Å². The second-order valence-corrected chi connectivity index (χ2v) is 6.05. The molecule has 2 aromatic heterocycles. The monoisotopic (exact) mass is 321 g/mol. The van der Waals surface area contributed by atoms with Crippen LogP contribution in [0.15, 0.2) is 11.0 Å². The quantitative estimate of drug-likeness (QED) is 0.736. The minimum atomic E-state index is -1.07. The van der Waals surface area contributed by atoms with E-state index in [0.29, 0.717) is 5.69 Å². The molecule has 0 aliphatic heterocycles. The van der Waals surface area contributed by atoms with Crippen molar-refractivity contribution in [2.75, 3.05) is 5.32 Å². The number of nitrogens with zero attached hydrogens (tertiary/aromatic N) is 5. The summed E-state index contributed by atoms with van der Waals surface area (Å²) in [6.07, 6.45) is 1.77. The molecule has 0 saturated carbocycles. The third-order valence-corrected chi connectivity index (χ3v) is 3.33. The van der Waals surface area contributed by atoms with E-state index in [1.807, 2.05) is 20.8 Å². The van der Waals surface area contributed by atoms with E-state index in [0.717, 1.165) is 0 Å². The molecule has 0 radical (unpaired) electrons. The van der Waals surface area contributed by atoms with E-state index in [1.165, 1.54) is 10.8 Å². The molecule has 10 heteroatoms. The largest absolute Gasteiger partial charge is 0.480 e. The van der Waals surface area contributed by atoms with Gasteiger partial charge in [0.25, 0.3) is 5.56 Å². The topological polar surface area (TPSA) is 139 Å². The Hall–Kier alpha value is -2.78. The predicted octanol–water partition coefficient (Wildman–Crippen LogP) is 0.833. The summed E-state index contributed by atoms with van der Waals surface area (Å²) >= 11 is 0. The third kappa shape index (κ3) is 3.35. The molecule has 2 aromatic rings. The highest BCUT2D eigenvalue weighted by Crippen LogP contribution is 2.25. The van der Waals surface area contributed by atoms with Crippen molar-refractivity contribution in [3.8, 4) is 0 Å². The average Bonchev–Trinajstić information content (AvgIpc) is 2.94. The highest BCUT2D eigenvalue weighted by atomic mass is 16.4. The van der Waals surface area contributed by atoms with Gasteiger partial charge in [0.2, 0.25) is 5.95 Å². The maximum absolute atomic E-state index is 12.8. The van der Waals surface area contributed by atoms with Crippen molar-refractivity contribution in [3.63, 3.8) is 0 Å². The summed E-state index contributed by atoms with van der Waals surface area (Å²) in [7, 11) is 0. The number of aromatic amines is 1. The second-order valence-electron chi connectivity index (χ2n) is 6.05. The molecule has 0 saturated heterocycles. The summed E-state index contributed by atoms with van der Waals surface area (Å²) < 4.78 is 1.27. The molecule has 3 N–H and O–H groups in total. The van der Waals surface area contributed by atoms with Gasteiger partial charge in [-0.2, -0.15) is 0 Å². The number of anilines is 2. The van der Waals surface area contributed by atoms with Gasteiger partial charge in [0.1, 0.15) is 6.04 Å². The lowest BCUT2D eigenvalue weighted by Crippen LogP contribution is -2.37. The first-order valence-electron chi connectivity index (χ1n) is 7.11. The van der Waals surface area contributed by atoms with Gasteiger partial charge in [-0.3, -0.25) is 9.36 Å². The van der Waals surface area contributed by atoms with E-state index in [2.05, 4.69) is 30.9 Å². The van der Waals surface area contributed by atoms with Crippen molar-refractivity contribution in [2.45, 2.75) is 45.6 Å². The van der Waals surface area contributed by atoms with E-state index in [4.69, 9.17) is 0 Å². The lowest BCUT2D eigenvalue weighted by molar-refractivity contribution is -0.141. The summed E-state index contributed by atoms with van der Waals surface area (Å²) in [4.78, 5) is 28.4. The number of nitrogens with one attached hydrogen (secondary N) is 2. The van der Waals surface area contributed by atoms with E-state index >= 15 is 0 Å². The lowest BCUT2D eigenvalue weighted by atomic mass is 9.91. The Balaban J connectivity index is 2.62. The molecule has 10 nitrogen and oxygen atoms in total. The van der Waals surface area contributed by atoms with Crippen LogP contribution in [0.5, 0.6) is 0 Å². The third-order valence-electron chi connectivity index (χ3n) is 3.33. The zero-order chi connectivity index (χ0) is 17.2. The fraction of sp³-hybridized carbons (Fsp3) is 0.538. The molecule has 0 bridgehead atoms. The first kappa shape index (κ1) is 16.6.